The monoisotopic (exact) mass is 561 g/mol. The Labute approximate surface area is 242 Å². The maximum Gasteiger partial charge on any atom is 0.335 e. The zero-order chi connectivity index (χ0) is 29.5. The number of amides is 5. The number of rotatable bonds is 9. The van der Waals surface area contributed by atoms with Gasteiger partial charge < -0.3 is 14.8 Å². The lowest BCUT2D eigenvalue weighted by Crippen LogP contribution is -2.54. The third-order valence-corrected chi connectivity index (χ3v) is 6.43. The number of aryl methyl sites for hydroxylation is 1. The Hall–Kier alpha value is -5.70. The van der Waals surface area contributed by atoms with Crippen LogP contribution in [0.15, 0.2) is 109 Å². The predicted octanol–water partition coefficient (Wildman–Crippen LogP) is 5.26. The number of nitrogens with zero attached hydrogens (tertiary/aromatic N) is 1. The van der Waals surface area contributed by atoms with E-state index in [1.165, 1.54) is 6.08 Å². The summed E-state index contributed by atoms with van der Waals surface area (Å²) in [5.41, 5.74) is 3.27. The van der Waals surface area contributed by atoms with E-state index >= 15 is 0 Å². The third kappa shape index (κ3) is 6.71. The molecule has 2 N–H and O–H groups in total. The molecule has 1 heterocycles. The highest BCUT2D eigenvalue weighted by molar-refractivity contribution is 6.39. The summed E-state index contributed by atoms with van der Waals surface area (Å²) in [6.07, 6.45) is 1.39. The largest absolute Gasteiger partial charge is 0.489 e. The first-order valence-corrected chi connectivity index (χ1v) is 13.1. The third-order valence-electron chi connectivity index (χ3n) is 6.43. The highest BCUT2D eigenvalue weighted by atomic mass is 16.5. The molecule has 1 aliphatic rings. The zero-order valence-corrected chi connectivity index (χ0v) is 22.7. The second-order valence-electron chi connectivity index (χ2n) is 9.45. The molecule has 0 atom stereocenters. The van der Waals surface area contributed by atoms with Gasteiger partial charge >= 0.3 is 6.03 Å². The minimum absolute atomic E-state index is 0.192. The zero-order valence-electron chi connectivity index (χ0n) is 22.7. The van der Waals surface area contributed by atoms with Crippen molar-refractivity contribution in [3.8, 4) is 11.5 Å². The number of nitrogens with one attached hydrogen (secondary N) is 2. The summed E-state index contributed by atoms with van der Waals surface area (Å²) >= 11 is 0. The minimum Gasteiger partial charge on any atom is -0.489 e. The van der Waals surface area contributed by atoms with Crippen LogP contribution in [0.2, 0.25) is 0 Å². The van der Waals surface area contributed by atoms with Crippen molar-refractivity contribution >= 4 is 41.2 Å². The lowest BCUT2D eigenvalue weighted by Gasteiger charge is -2.26. The van der Waals surface area contributed by atoms with Gasteiger partial charge in [-0.15, -0.1) is 0 Å². The van der Waals surface area contributed by atoms with E-state index in [0.29, 0.717) is 29.4 Å². The number of urea groups is 1. The Bertz CT molecular complexity index is 1650. The number of anilines is 2. The first kappa shape index (κ1) is 27.9. The molecule has 0 radical (unpaired) electrons. The molecule has 210 valence electrons. The number of ether oxygens (including phenoxy) is 2. The molecule has 0 bridgehead atoms. The molecule has 5 amide bonds. The van der Waals surface area contributed by atoms with Gasteiger partial charge in [-0.25, -0.2) is 9.69 Å². The van der Waals surface area contributed by atoms with Crippen LogP contribution >= 0.6 is 0 Å². The van der Waals surface area contributed by atoms with E-state index in [-0.39, 0.29) is 23.8 Å². The van der Waals surface area contributed by atoms with Crippen molar-refractivity contribution in [3.05, 3.63) is 125 Å². The second-order valence-corrected chi connectivity index (χ2v) is 9.45. The van der Waals surface area contributed by atoms with Crippen molar-refractivity contribution in [2.75, 3.05) is 16.8 Å². The van der Waals surface area contributed by atoms with Gasteiger partial charge in [-0.05, 0) is 72.2 Å². The van der Waals surface area contributed by atoms with Gasteiger partial charge in [0.15, 0.2) is 6.61 Å². The van der Waals surface area contributed by atoms with Gasteiger partial charge in [-0.1, -0.05) is 60.7 Å². The van der Waals surface area contributed by atoms with Gasteiger partial charge in [0.2, 0.25) is 0 Å². The standard InChI is InChI=1S/C33H27N3O6/c1-22-7-5-6-10-29(22)34-30(37)21-42-26-15-11-23(12-16-26)19-28-31(38)35-33(40)36(32(28)39)25-13-17-27(18-14-25)41-20-24-8-3-2-4-9-24/h2-19H,20-21H2,1H3,(H,34,37)(H,35,38,40)/b28-19-. The van der Waals surface area contributed by atoms with Crippen LogP contribution in [0.25, 0.3) is 6.08 Å². The number of benzene rings is 4. The average molecular weight is 562 g/mol. The molecule has 1 fully saturated rings. The summed E-state index contributed by atoms with van der Waals surface area (Å²) < 4.78 is 11.3. The van der Waals surface area contributed by atoms with Crippen LogP contribution in [0.4, 0.5) is 16.2 Å². The summed E-state index contributed by atoms with van der Waals surface area (Å²) in [5, 5.41) is 5.01. The quantitative estimate of drug-likeness (QED) is 0.213. The first-order chi connectivity index (χ1) is 20.4. The molecule has 1 saturated heterocycles. The number of carbonyl (C=O) groups is 4. The van der Waals surface area contributed by atoms with Crippen molar-refractivity contribution < 1.29 is 28.7 Å². The van der Waals surface area contributed by atoms with E-state index < -0.39 is 17.8 Å². The van der Waals surface area contributed by atoms with Crippen LogP contribution in [0, 0.1) is 6.92 Å². The summed E-state index contributed by atoms with van der Waals surface area (Å²) in [6, 6.07) is 29.2. The molecule has 9 heteroatoms. The Balaban J connectivity index is 1.22. The number of barbiturate groups is 1. The van der Waals surface area contributed by atoms with Gasteiger partial charge in [-0.2, -0.15) is 0 Å². The number of para-hydroxylation sites is 1. The minimum atomic E-state index is -0.840. The fourth-order valence-corrected chi connectivity index (χ4v) is 4.20. The molecule has 5 rings (SSSR count). The summed E-state index contributed by atoms with van der Waals surface area (Å²) in [5.74, 6) is -0.857. The van der Waals surface area contributed by atoms with E-state index in [1.54, 1.807) is 48.5 Å². The van der Waals surface area contributed by atoms with Crippen LogP contribution in [0.1, 0.15) is 16.7 Å². The molecule has 0 aliphatic carbocycles. The van der Waals surface area contributed by atoms with Crippen LogP contribution in [-0.2, 0) is 21.0 Å². The van der Waals surface area contributed by atoms with Gasteiger partial charge in [0.1, 0.15) is 23.7 Å². The topological polar surface area (TPSA) is 114 Å². The van der Waals surface area contributed by atoms with E-state index in [4.69, 9.17) is 9.47 Å². The number of carbonyl (C=O) groups excluding carboxylic acids is 4. The summed E-state index contributed by atoms with van der Waals surface area (Å²) in [6.45, 7) is 2.08. The molecule has 0 aromatic heterocycles. The maximum absolute atomic E-state index is 13.2. The van der Waals surface area contributed by atoms with Crippen molar-refractivity contribution in [2.24, 2.45) is 0 Å². The molecular weight excluding hydrogens is 534 g/mol. The predicted molar refractivity (Wildman–Crippen MR) is 158 cm³/mol. The van der Waals surface area contributed by atoms with Gasteiger partial charge in [0, 0.05) is 5.69 Å². The SMILES string of the molecule is Cc1ccccc1NC(=O)COc1ccc(/C=C2/C(=O)NC(=O)N(c3ccc(OCc4ccccc4)cc3)C2=O)cc1. The van der Waals surface area contributed by atoms with Gasteiger partial charge in [0.25, 0.3) is 17.7 Å². The van der Waals surface area contributed by atoms with Gasteiger partial charge in [-0.3, -0.25) is 19.7 Å². The Morgan fingerprint density at radius 3 is 2.17 bits per heavy atom. The Kier molecular flexibility index (Phi) is 8.39. The Morgan fingerprint density at radius 2 is 1.45 bits per heavy atom. The number of hydrogen-bond acceptors (Lipinski definition) is 6. The fraction of sp³-hybridized carbons (Fsp3) is 0.0909. The molecule has 1 aliphatic heterocycles. The Morgan fingerprint density at radius 1 is 0.810 bits per heavy atom. The lowest BCUT2D eigenvalue weighted by molar-refractivity contribution is -0.122. The summed E-state index contributed by atoms with van der Waals surface area (Å²) in [4.78, 5) is 51.5. The first-order valence-electron chi connectivity index (χ1n) is 13.1. The second kappa shape index (κ2) is 12.6. The van der Waals surface area contributed by atoms with E-state index in [1.807, 2.05) is 61.5 Å². The van der Waals surface area contributed by atoms with E-state index in [2.05, 4.69) is 10.6 Å². The highest BCUT2D eigenvalue weighted by Gasteiger charge is 2.36. The van der Waals surface area contributed by atoms with Crippen molar-refractivity contribution in [1.29, 1.82) is 0 Å². The highest BCUT2D eigenvalue weighted by Crippen LogP contribution is 2.25. The average Bonchev–Trinajstić information content (AvgIpc) is 3.00. The van der Waals surface area contributed by atoms with Crippen LogP contribution in [0.3, 0.4) is 0 Å². The van der Waals surface area contributed by atoms with Crippen molar-refractivity contribution in [2.45, 2.75) is 13.5 Å². The molecule has 0 saturated carbocycles. The molecule has 0 spiro atoms. The molecule has 4 aromatic carbocycles. The fourth-order valence-electron chi connectivity index (χ4n) is 4.20. The van der Waals surface area contributed by atoms with Crippen molar-refractivity contribution in [1.82, 2.24) is 5.32 Å². The van der Waals surface area contributed by atoms with E-state index in [0.717, 1.165) is 16.0 Å². The summed E-state index contributed by atoms with van der Waals surface area (Å²) in [7, 11) is 0. The number of imide groups is 2. The van der Waals surface area contributed by atoms with Crippen LogP contribution in [0.5, 0.6) is 11.5 Å². The maximum atomic E-state index is 13.2. The molecule has 0 unspecified atom stereocenters. The van der Waals surface area contributed by atoms with Crippen molar-refractivity contribution in [3.63, 3.8) is 0 Å². The smallest absolute Gasteiger partial charge is 0.335 e. The van der Waals surface area contributed by atoms with Gasteiger partial charge in [0.05, 0.1) is 5.69 Å². The molecule has 4 aromatic rings. The van der Waals surface area contributed by atoms with Crippen LogP contribution < -0.4 is 25.0 Å². The van der Waals surface area contributed by atoms with Crippen LogP contribution in [-0.4, -0.2) is 30.4 Å². The molecule has 9 nitrogen and oxygen atoms in total. The normalized spacial score (nSPS) is 14.0. The van der Waals surface area contributed by atoms with E-state index in [9.17, 15) is 19.2 Å². The number of hydrogen-bond donors (Lipinski definition) is 2. The lowest BCUT2D eigenvalue weighted by atomic mass is 10.1. The molecule has 42 heavy (non-hydrogen) atoms. The molecular formula is C33H27N3O6.